The highest BCUT2D eigenvalue weighted by atomic mass is 16.4. The largest absolute Gasteiger partial charge is 0.481 e. The number of primary amides is 1. The highest BCUT2D eigenvalue weighted by molar-refractivity contribution is 5.99. The molecular weight excluding hydrogens is 897 g/mol. The zero-order chi connectivity index (χ0) is 50.8. The second kappa shape index (κ2) is 25.9. The molecule has 376 valence electrons. The van der Waals surface area contributed by atoms with Gasteiger partial charge in [-0.3, -0.25) is 38.6 Å². The van der Waals surface area contributed by atoms with E-state index in [9.17, 15) is 38.7 Å². The average molecular weight is 965 g/mol. The van der Waals surface area contributed by atoms with Gasteiger partial charge in [0, 0.05) is 36.5 Å². The topological polar surface area (TPSA) is 358 Å². The number of hydrogen-bond donors (Lipinski definition) is 12. The van der Waals surface area contributed by atoms with E-state index in [1.54, 1.807) is 36.5 Å². The standard InChI is InChI=1S/C50H68N12O8/c1-30-16-18-32(19-17-30)33-20-22-50(23-21-33,62-44(66)36(52)28-42(63)64)48(70)61-40(26-31-10-3-2-4-11-31)46(68)59-39(15-9-25-56-49(54)55)45(67)60-41(27-34-29-57-37-13-6-5-12-35(34)37)47(69)58-38(43(53)65)14-7-8-24-51/h2-6,10-13,16-19,29,33,36,38-41,57H,7-9,14-15,20-28,51-52H2,1H3,(H2,53,65)(H,58,69)(H,59,68)(H,60,67)(H,61,70)(H,62,66)(H,63,64)(H4,54,55,56)/t33?,36-,38-,39-,40+,41-,50?/m0/s1. The van der Waals surface area contributed by atoms with Crippen molar-refractivity contribution in [1.82, 2.24) is 31.6 Å². The van der Waals surface area contributed by atoms with Gasteiger partial charge in [0.25, 0.3) is 0 Å². The summed E-state index contributed by atoms with van der Waals surface area (Å²) in [6, 6.07) is 17.9. The number of benzene rings is 3. The minimum Gasteiger partial charge on any atom is -0.481 e. The van der Waals surface area contributed by atoms with Crippen molar-refractivity contribution in [3.8, 4) is 0 Å². The summed E-state index contributed by atoms with van der Waals surface area (Å²) in [7, 11) is 0. The number of aryl methyl sites for hydroxylation is 1. The van der Waals surface area contributed by atoms with Gasteiger partial charge >= 0.3 is 5.97 Å². The quantitative estimate of drug-likeness (QED) is 0.0237. The van der Waals surface area contributed by atoms with E-state index < -0.39 is 83.6 Å². The number of carbonyl (C=O) groups is 7. The van der Waals surface area contributed by atoms with Crippen LogP contribution in [0.15, 0.2) is 90.1 Å². The Bertz CT molecular complexity index is 2450. The predicted molar refractivity (Wildman–Crippen MR) is 265 cm³/mol. The number of nitrogens with two attached hydrogens (primary N) is 5. The number of hydrogen-bond acceptors (Lipinski definition) is 10. The van der Waals surface area contributed by atoms with E-state index in [0.29, 0.717) is 43.4 Å². The number of amides is 6. The summed E-state index contributed by atoms with van der Waals surface area (Å²) in [5.41, 5.74) is 31.2. The minimum atomic E-state index is -1.59. The van der Waals surface area contributed by atoms with Gasteiger partial charge in [0.05, 0.1) is 12.5 Å². The van der Waals surface area contributed by atoms with Gasteiger partial charge in [0.2, 0.25) is 35.4 Å². The van der Waals surface area contributed by atoms with Crippen molar-refractivity contribution in [1.29, 1.82) is 0 Å². The molecule has 0 bridgehead atoms. The molecule has 17 N–H and O–H groups in total. The first kappa shape index (κ1) is 53.6. The van der Waals surface area contributed by atoms with Crippen LogP contribution in [0.1, 0.15) is 92.4 Å². The summed E-state index contributed by atoms with van der Waals surface area (Å²) >= 11 is 0. The van der Waals surface area contributed by atoms with Crippen molar-refractivity contribution in [3.63, 3.8) is 0 Å². The van der Waals surface area contributed by atoms with Crippen LogP contribution in [0.5, 0.6) is 0 Å². The van der Waals surface area contributed by atoms with Gasteiger partial charge in [-0.15, -0.1) is 0 Å². The number of rotatable bonds is 26. The molecule has 0 radical (unpaired) electrons. The van der Waals surface area contributed by atoms with E-state index in [-0.39, 0.29) is 63.4 Å². The first-order valence-corrected chi connectivity index (χ1v) is 23.7. The fraction of sp³-hybridized carbons (Fsp3) is 0.440. The number of carbonyl (C=O) groups excluding carboxylic acids is 6. The molecule has 1 aliphatic carbocycles. The minimum absolute atomic E-state index is 0.0212. The number of nitrogens with zero attached hydrogens (tertiary/aromatic N) is 1. The number of H-pyrrole nitrogens is 1. The molecule has 0 unspecified atom stereocenters. The van der Waals surface area contributed by atoms with Gasteiger partial charge in [-0.25, -0.2) is 0 Å². The Kier molecular flexibility index (Phi) is 19.8. The summed E-state index contributed by atoms with van der Waals surface area (Å²) in [4.78, 5) is 103. The maximum absolute atomic E-state index is 14.8. The van der Waals surface area contributed by atoms with Gasteiger partial charge in [0.15, 0.2) is 5.96 Å². The second-order valence-corrected chi connectivity index (χ2v) is 18.1. The number of carboxylic acid groups (broad SMARTS) is 1. The Hall–Kier alpha value is -7.32. The first-order valence-electron chi connectivity index (χ1n) is 23.7. The number of aromatic nitrogens is 1. The molecule has 1 aromatic heterocycles. The Labute approximate surface area is 407 Å². The lowest BCUT2D eigenvalue weighted by atomic mass is 9.73. The van der Waals surface area contributed by atoms with Crippen molar-refractivity contribution < 1.29 is 38.7 Å². The Morgan fingerprint density at radius 1 is 0.729 bits per heavy atom. The molecule has 5 rings (SSSR count). The van der Waals surface area contributed by atoms with Gasteiger partial charge < -0.3 is 65.3 Å². The summed E-state index contributed by atoms with van der Waals surface area (Å²) in [6.07, 6.45) is 3.70. The van der Waals surface area contributed by atoms with Crippen LogP contribution < -0.4 is 55.3 Å². The lowest BCUT2D eigenvalue weighted by Crippen LogP contribution is -2.65. The molecule has 20 heteroatoms. The number of fused-ring (bicyclic) bond motifs is 1. The number of aliphatic imine (C=N–C) groups is 1. The molecule has 5 atom stereocenters. The summed E-state index contributed by atoms with van der Waals surface area (Å²) in [5.74, 6) is -5.93. The Balaban J connectivity index is 1.45. The van der Waals surface area contributed by atoms with E-state index in [1.165, 1.54) is 0 Å². The first-order chi connectivity index (χ1) is 33.5. The average Bonchev–Trinajstić information content (AvgIpc) is 3.74. The number of unbranched alkanes of at least 4 members (excludes halogenated alkanes) is 1. The smallest absolute Gasteiger partial charge is 0.305 e. The van der Waals surface area contributed by atoms with Crippen molar-refractivity contribution >= 4 is 58.3 Å². The van der Waals surface area contributed by atoms with Crippen molar-refractivity contribution in [2.45, 2.75) is 126 Å². The molecule has 4 aromatic rings. The third-order valence-electron chi connectivity index (χ3n) is 12.7. The molecule has 20 nitrogen and oxygen atoms in total. The predicted octanol–water partition coefficient (Wildman–Crippen LogP) is 0.883. The zero-order valence-electron chi connectivity index (χ0n) is 39.6. The zero-order valence-corrected chi connectivity index (χ0v) is 39.6. The van der Waals surface area contributed by atoms with Gasteiger partial charge in [-0.1, -0.05) is 78.4 Å². The van der Waals surface area contributed by atoms with Crippen molar-refractivity contribution in [2.75, 3.05) is 13.1 Å². The molecule has 6 amide bonds. The lowest BCUT2D eigenvalue weighted by molar-refractivity contribution is -0.141. The molecule has 3 aromatic carbocycles. The maximum Gasteiger partial charge on any atom is 0.305 e. The fourth-order valence-corrected chi connectivity index (χ4v) is 8.75. The van der Waals surface area contributed by atoms with Crippen LogP contribution in [-0.4, -0.2) is 106 Å². The van der Waals surface area contributed by atoms with Crippen LogP contribution in [0.25, 0.3) is 10.9 Å². The van der Waals surface area contributed by atoms with Crippen LogP contribution in [0.3, 0.4) is 0 Å². The monoisotopic (exact) mass is 965 g/mol. The third-order valence-corrected chi connectivity index (χ3v) is 12.7. The molecule has 0 saturated heterocycles. The Morgan fingerprint density at radius 2 is 1.33 bits per heavy atom. The number of guanidine groups is 1. The number of aliphatic carboxylic acids is 1. The molecule has 1 saturated carbocycles. The fourth-order valence-electron chi connectivity index (χ4n) is 8.75. The van der Waals surface area contributed by atoms with Gasteiger partial charge in [-0.05, 0) is 99.9 Å². The number of nitrogens with one attached hydrogen (secondary N) is 6. The van der Waals surface area contributed by atoms with Crippen LogP contribution in [0.2, 0.25) is 0 Å². The molecule has 1 fully saturated rings. The SMILES string of the molecule is Cc1ccc(C2CCC(NC(=O)[C@@H](N)CC(=O)O)(C(=O)N[C@H](Cc3ccccc3)C(=O)N[C@@H](CCCN=C(N)N)C(=O)N[C@@H](Cc3c[nH]c4ccccc34)C(=O)N[C@@H](CCCCN)C(N)=O)CC2)cc1. The van der Waals surface area contributed by atoms with Gasteiger partial charge in [0.1, 0.15) is 29.7 Å². The van der Waals surface area contributed by atoms with Crippen LogP contribution in [-0.2, 0) is 46.4 Å². The molecule has 0 aliphatic heterocycles. The molecule has 70 heavy (non-hydrogen) atoms. The number of aromatic amines is 1. The molecule has 1 aliphatic rings. The number of para-hydroxylation sites is 1. The number of carboxylic acids is 1. The van der Waals surface area contributed by atoms with E-state index in [2.05, 4.69) is 36.6 Å². The van der Waals surface area contributed by atoms with Gasteiger partial charge in [-0.2, -0.15) is 0 Å². The van der Waals surface area contributed by atoms with Crippen LogP contribution in [0.4, 0.5) is 0 Å². The highest BCUT2D eigenvalue weighted by Crippen LogP contribution is 2.38. The molecular formula is C50H68N12O8. The van der Waals surface area contributed by atoms with E-state index in [1.807, 2.05) is 55.5 Å². The molecule has 0 spiro atoms. The Morgan fingerprint density at radius 3 is 1.97 bits per heavy atom. The summed E-state index contributed by atoms with van der Waals surface area (Å²) in [5, 5.41) is 24.2. The second-order valence-electron chi connectivity index (χ2n) is 18.1. The normalized spacial score (nSPS) is 17.7. The summed E-state index contributed by atoms with van der Waals surface area (Å²) < 4.78 is 0. The van der Waals surface area contributed by atoms with Crippen molar-refractivity contribution in [2.24, 2.45) is 33.7 Å². The molecule has 1 heterocycles. The van der Waals surface area contributed by atoms with E-state index in [4.69, 9.17) is 28.7 Å². The lowest BCUT2D eigenvalue weighted by Gasteiger charge is -2.41. The third kappa shape index (κ3) is 15.6. The highest BCUT2D eigenvalue weighted by Gasteiger charge is 2.45. The van der Waals surface area contributed by atoms with Crippen LogP contribution >= 0.6 is 0 Å². The maximum atomic E-state index is 14.8. The van der Waals surface area contributed by atoms with Crippen LogP contribution in [0, 0.1) is 6.92 Å². The van der Waals surface area contributed by atoms with E-state index in [0.717, 1.165) is 22.0 Å². The van der Waals surface area contributed by atoms with Crippen molar-refractivity contribution in [3.05, 3.63) is 107 Å². The summed E-state index contributed by atoms with van der Waals surface area (Å²) in [6.45, 7) is 2.45. The van der Waals surface area contributed by atoms with E-state index >= 15 is 0 Å².